The number of rotatable bonds is 4. The third kappa shape index (κ3) is 2.86. The summed E-state index contributed by atoms with van der Waals surface area (Å²) in [4.78, 5) is 12.1. The van der Waals surface area contributed by atoms with Gasteiger partial charge in [-0.05, 0) is 30.4 Å². The van der Waals surface area contributed by atoms with Crippen molar-refractivity contribution < 1.29 is 18.0 Å². The lowest BCUT2D eigenvalue weighted by molar-refractivity contribution is -0.117. The van der Waals surface area contributed by atoms with E-state index in [2.05, 4.69) is 20.6 Å². The summed E-state index contributed by atoms with van der Waals surface area (Å²) in [6, 6.07) is 5.13. The number of carbonyl (C=O) groups excluding carboxylic acids is 1. The summed E-state index contributed by atoms with van der Waals surface area (Å²) in [6.45, 7) is 0. The summed E-state index contributed by atoms with van der Waals surface area (Å²) in [7, 11) is 0. The predicted molar refractivity (Wildman–Crippen MR) is 104 cm³/mol. The van der Waals surface area contributed by atoms with E-state index in [1.54, 1.807) is 35.2 Å². The van der Waals surface area contributed by atoms with Crippen LogP contribution in [-0.4, -0.2) is 38.1 Å². The molecule has 4 aromatic rings. The molecule has 0 aliphatic heterocycles. The lowest BCUT2D eigenvalue weighted by Gasteiger charge is -2.12. The van der Waals surface area contributed by atoms with Gasteiger partial charge in [-0.25, -0.2) is 17.7 Å². The molecular weight excluding hydrogens is 403 g/mol. The number of anilines is 1. The van der Waals surface area contributed by atoms with Crippen molar-refractivity contribution >= 4 is 39.9 Å². The Morgan fingerprint density at radius 3 is 2.86 bits per heavy atom. The maximum absolute atomic E-state index is 14.6. The van der Waals surface area contributed by atoms with Crippen LogP contribution in [0, 0.1) is 17.6 Å². The first kappa shape index (κ1) is 18.0. The Morgan fingerprint density at radius 2 is 2.14 bits per heavy atom. The number of hydrogen-bond donors (Lipinski definition) is 2. The Balaban J connectivity index is 1.60. The number of nitrogens with zero attached hydrogens (tertiary/aromatic N) is 3. The molecular formula is C19H14F3N5OS. The van der Waals surface area contributed by atoms with Crippen molar-refractivity contribution in [3.8, 4) is 11.1 Å². The Morgan fingerprint density at radius 1 is 1.34 bits per heavy atom. The van der Waals surface area contributed by atoms with Gasteiger partial charge in [0.15, 0.2) is 17.5 Å². The van der Waals surface area contributed by atoms with Gasteiger partial charge in [-0.15, -0.1) is 11.8 Å². The van der Waals surface area contributed by atoms with Gasteiger partial charge in [-0.2, -0.15) is 10.2 Å². The number of fused-ring (bicyclic) bond motifs is 2. The van der Waals surface area contributed by atoms with Crippen LogP contribution < -0.4 is 5.32 Å². The molecule has 2 N–H and O–H groups in total. The van der Waals surface area contributed by atoms with Crippen molar-refractivity contribution in [2.24, 2.45) is 5.92 Å². The molecule has 1 fully saturated rings. The minimum absolute atomic E-state index is 0.00171. The zero-order valence-corrected chi connectivity index (χ0v) is 15.9. The molecule has 0 spiro atoms. The molecule has 0 bridgehead atoms. The van der Waals surface area contributed by atoms with E-state index in [-0.39, 0.29) is 16.8 Å². The van der Waals surface area contributed by atoms with Crippen LogP contribution in [0.2, 0.25) is 0 Å². The van der Waals surface area contributed by atoms with E-state index in [4.69, 9.17) is 0 Å². The molecule has 10 heteroatoms. The van der Waals surface area contributed by atoms with Gasteiger partial charge in [0, 0.05) is 23.2 Å². The van der Waals surface area contributed by atoms with Crippen LogP contribution in [0.4, 0.5) is 19.0 Å². The van der Waals surface area contributed by atoms with Crippen molar-refractivity contribution in [1.82, 2.24) is 19.8 Å². The van der Waals surface area contributed by atoms with Crippen LogP contribution in [0.15, 0.2) is 35.5 Å². The summed E-state index contributed by atoms with van der Waals surface area (Å²) >= 11 is 1.11. The lowest BCUT2D eigenvalue weighted by atomic mass is 10.0. The third-order valence-corrected chi connectivity index (χ3v) is 5.80. The number of halogens is 3. The second-order valence-corrected chi connectivity index (χ2v) is 7.67. The number of carbonyl (C=O) groups is 1. The minimum atomic E-state index is -1.09. The molecule has 148 valence electrons. The summed E-state index contributed by atoms with van der Waals surface area (Å²) < 4.78 is 43.5. The van der Waals surface area contributed by atoms with Crippen LogP contribution in [0.3, 0.4) is 0 Å². The van der Waals surface area contributed by atoms with Crippen LogP contribution in [0.5, 0.6) is 0 Å². The van der Waals surface area contributed by atoms with Gasteiger partial charge in [0.05, 0.1) is 22.5 Å². The first-order chi connectivity index (χ1) is 14.0. The van der Waals surface area contributed by atoms with Gasteiger partial charge in [-0.1, -0.05) is 0 Å². The number of amides is 1. The molecule has 0 radical (unpaired) electrons. The molecule has 0 unspecified atom stereocenters. The van der Waals surface area contributed by atoms with Gasteiger partial charge < -0.3 is 5.32 Å². The van der Waals surface area contributed by atoms with Crippen molar-refractivity contribution in [1.29, 1.82) is 0 Å². The number of aromatic amines is 1. The molecule has 0 saturated heterocycles. The Kier molecular flexibility index (Phi) is 4.05. The van der Waals surface area contributed by atoms with Gasteiger partial charge in [0.2, 0.25) is 5.91 Å². The number of alkyl halides is 1. The van der Waals surface area contributed by atoms with E-state index in [0.717, 1.165) is 11.8 Å². The zero-order valence-electron chi connectivity index (χ0n) is 15.0. The fraction of sp³-hybridized carbons (Fsp3) is 0.211. The number of nitrogens with one attached hydrogen (secondary N) is 2. The summed E-state index contributed by atoms with van der Waals surface area (Å²) in [5.41, 5.74) is 1.81. The highest BCUT2D eigenvalue weighted by molar-refractivity contribution is 7.98. The van der Waals surface area contributed by atoms with Gasteiger partial charge in [0.1, 0.15) is 11.7 Å². The first-order valence-electron chi connectivity index (χ1n) is 8.80. The Hall–Kier alpha value is -3.01. The second kappa shape index (κ2) is 6.51. The van der Waals surface area contributed by atoms with Crippen LogP contribution in [-0.2, 0) is 4.79 Å². The topological polar surface area (TPSA) is 75.1 Å². The largest absolute Gasteiger partial charge is 0.309 e. The predicted octanol–water partition coefficient (Wildman–Crippen LogP) is 4.17. The standard InChI is InChI=1S/C19H14F3N5OS/c1-29-18-14(11-7-23-25-17(11)15(21)16(18)22)8-2-3-27-9(4-8)5-13(26-27)24-19(28)10-6-12(10)20/h2-5,7,10,12H,6H2,1H3,(H,23,25)(H,24,26,28)/t10-,12+/m0/s1. The molecule has 29 heavy (non-hydrogen) atoms. The normalized spacial score (nSPS) is 18.5. The van der Waals surface area contributed by atoms with Crippen LogP contribution in [0.1, 0.15) is 6.42 Å². The van der Waals surface area contributed by atoms with E-state index < -0.39 is 29.6 Å². The molecule has 1 aliphatic rings. The first-order valence-corrected chi connectivity index (χ1v) is 10.0. The highest BCUT2D eigenvalue weighted by Crippen LogP contribution is 2.40. The smallest absolute Gasteiger partial charge is 0.231 e. The van der Waals surface area contributed by atoms with Crippen molar-refractivity contribution in [3.63, 3.8) is 0 Å². The van der Waals surface area contributed by atoms with E-state index in [0.29, 0.717) is 27.8 Å². The summed E-state index contributed by atoms with van der Waals surface area (Å²) in [5, 5.41) is 13.7. The van der Waals surface area contributed by atoms with Crippen LogP contribution >= 0.6 is 11.8 Å². The monoisotopic (exact) mass is 417 g/mol. The lowest BCUT2D eigenvalue weighted by Crippen LogP contribution is -2.15. The molecule has 3 heterocycles. The van der Waals surface area contributed by atoms with Crippen molar-refractivity contribution in [2.45, 2.75) is 17.5 Å². The zero-order chi connectivity index (χ0) is 20.3. The number of benzene rings is 1. The van der Waals surface area contributed by atoms with Gasteiger partial charge in [0.25, 0.3) is 0 Å². The number of H-pyrrole nitrogens is 1. The van der Waals surface area contributed by atoms with E-state index in [1.807, 2.05) is 0 Å². The summed E-state index contributed by atoms with van der Waals surface area (Å²) in [6.07, 6.45) is 3.94. The van der Waals surface area contributed by atoms with E-state index in [9.17, 15) is 18.0 Å². The number of thioether (sulfide) groups is 1. The average Bonchev–Trinajstić information content (AvgIpc) is 3.09. The minimum Gasteiger partial charge on any atom is -0.309 e. The molecule has 3 aromatic heterocycles. The van der Waals surface area contributed by atoms with Gasteiger partial charge in [-0.3, -0.25) is 9.89 Å². The highest BCUT2D eigenvalue weighted by atomic mass is 32.2. The van der Waals surface area contributed by atoms with Crippen molar-refractivity contribution in [2.75, 3.05) is 11.6 Å². The molecule has 1 aromatic carbocycles. The average molecular weight is 417 g/mol. The quantitative estimate of drug-likeness (QED) is 0.489. The number of aromatic nitrogens is 4. The van der Waals surface area contributed by atoms with Gasteiger partial charge >= 0.3 is 0 Å². The van der Waals surface area contributed by atoms with E-state index >= 15 is 0 Å². The second-order valence-electron chi connectivity index (χ2n) is 6.86. The molecule has 1 saturated carbocycles. The fourth-order valence-corrected chi connectivity index (χ4v) is 4.13. The maximum Gasteiger partial charge on any atom is 0.231 e. The maximum atomic E-state index is 14.6. The summed E-state index contributed by atoms with van der Waals surface area (Å²) in [5.74, 6) is -2.61. The number of hydrogen-bond acceptors (Lipinski definition) is 4. The number of pyridine rings is 1. The third-order valence-electron chi connectivity index (χ3n) is 5.00. The molecule has 6 nitrogen and oxygen atoms in total. The fourth-order valence-electron chi connectivity index (χ4n) is 3.43. The Bertz CT molecular complexity index is 1280. The van der Waals surface area contributed by atoms with Crippen molar-refractivity contribution in [3.05, 3.63) is 42.2 Å². The molecule has 1 aliphatic carbocycles. The van der Waals surface area contributed by atoms with Crippen LogP contribution in [0.25, 0.3) is 27.5 Å². The highest BCUT2D eigenvalue weighted by Gasteiger charge is 2.43. The molecule has 5 rings (SSSR count). The Labute approximate surface area is 166 Å². The molecule has 2 atom stereocenters. The van der Waals surface area contributed by atoms with E-state index in [1.165, 1.54) is 6.20 Å². The molecule has 1 amide bonds. The SMILES string of the molecule is CSc1c(F)c(F)c2[nH]ncc2c1-c1ccn2nc(NC(=O)[C@H]3C[C@H]3F)cc2c1.